The van der Waals surface area contributed by atoms with Crippen molar-refractivity contribution < 1.29 is 23.0 Å². The highest BCUT2D eigenvalue weighted by Gasteiger charge is 2.19. The molecule has 0 fully saturated rings. The Balaban J connectivity index is 1.54. The molecule has 0 aliphatic carbocycles. The van der Waals surface area contributed by atoms with E-state index < -0.39 is 11.6 Å². The number of benzene rings is 2. The molecule has 1 N–H and O–H groups in total. The summed E-state index contributed by atoms with van der Waals surface area (Å²) in [6, 6.07) is 8.96. The second-order valence-corrected chi connectivity index (χ2v) is 8.48. The van der Waals surface area contributed by atoms with Gasteiger partial charge < -0.3 is 9.47 Å². The van der Waals surface area contributed by atoms with Crippen molar-refractivity contribution in [1.82, 2.24) is 9.97 Å². The summed E-state index contributed by atoms with van der Waals surface area (Å²) in [5, 5.41) is 5.42. The van der Waals surface area contributed by atoms with Gasteiger partial charge in [-0.1, -0.05) is 0 Å². The summed E-state index contributed by atoms with van der Waals surface area (Å²) in [5.41, 5.74) is 2.24. The molecule has 0 bridgehead atoms. The van der Waals surface area contributed by atoms with Crippen molar-refractivity contribution >= 4 is 33.7 Å². The minimum Gasteiger partial charge on any atom is -0.493 e. The Morgan fingerprint density at radius 2 is 1.72 bits per heavy atom. The van der Waals surface area contributed by atoms with Crippen molar-refractivity contribution in [2.24, 2.45) is 0 Å². The maximum absolute atomic E-state index is 13.5. The fourth-order valence-corrected chi connectivity index (χ4v) is 4.65. The van der Waals surface area contributed by atoms with Gasteiger partial charge in [-0.15, -0.1) is 22.7 Å². The molecule has 0 saturated heterocycles. The van der Waals surface area contributed by atoms with Crippen molar-refractivity contribution in [2.75, 3.05) is 19.5 Å². The molecule has 2 aromatic heterocycles. The number of anilines is 1. The summed E-state index contributed by atoms with van der Waals surface area (Å²) in [6.45, 7) is 1.75. The number of hydrogen-bond donors (Lipinski definition) is 1. The SMILES string of the molecule is COc1ccc(-c2nc(C)c(C(=O)Nc3nc(-c4ccc(F)c(F)c4)cs3)s2)cc1OC. The van der Waals surface area contributed by atoms with Crippen LogP contribution >= 0.6 is 22.7 Å². The number of nitrogens with one attached hydrogen (secondary N) is 1. The zero-order valence-electron chi connectivity index (χ0n) is 17.2. The van der Waals surface area contributed by atoms with Crippen LogP contribution < -0.4 is 14.8 Å². The summed E-state index contributed by atoms with van der Waals surface area (Å²) < 4.78 is 37.2. The van der Waals surface area contributed by atoms with Crippen LogP contribution in [0.2, 0.25) is 0 Å². The quantitative estimate of drug-likeness (QED) is 0.384. The van der Waals surface area contributed by atoms with E-state index in [1.165, 1.54) is 28.7 Å². The fraction of sp³-hybridized carbons (Fsp3) is 0.136. The zero-order chi connectivity index (χ0) is 22.8. The number of methoxy groups -OCH3 is 2. The van der Waals surface area contributed by atoms with Gasteiger partial charge in [-0.2, -0.15) is 0 Å². The van der Waals surface area contributed by atoms with Gasteiger partial charge in [-0.3, -0.25) is 10.1 Å². The molecule has 10 heteroatoms. The van der Waals surface area contributed by atoms with E-state index in [1.54, 1.807) is 38.7 Å². The number of carbonyl (C=O) groups is 1. The van der Waals surface area contributed by atoms with Gasteiger partial charge in [0.05, 0.1) is 25.6 Å². The van der Waals surface area contributed by atoms with Gasteiger partial charge in [-0.25, -0.2) is 18.7 Å². The molecule has 0 aliphatic heterocycles. The van der Waals surface area contributed by atoms with Crippen molar-refractivity contribution in [3.63, 3.8) is 0 Å². The largest absolute Gasteiger partial charge is 0.493 e. The summed E-state index contributed by atoms with van der Waals surface area (Å²) in [5.74, 6) is -1.06. The topological polar surface area (TPSA) is 73.3 Å². The number of hydrogen-bond acceptors (Lipinski definition) is 7. The normalized spacial score (nSPS) is 10.8. The van der Waals surface area contributed by atoms with E-state index in [1.807, 2.05) is 6.07 Å². The molecular formula is C22H17F2N3O3S2. The number of nitrogens with zero attached hydrogens (tertiary/aromatic N) is 2. The van der Waals surface area contributed by atoms with E-state index in [9.17, 15) is 13.6 Å². The summed E-state index contributed by atoms with van der Waals surface area (Å²) >= 11 is 2.44. The van der Waals surface area contributed by atoms with Gasteiger partial charge in [0, 0.05) is 16.5 Å². The van der Waals surface area contributed by atoms with Gasteiger partial charge in [0.2, 0.25) is 0 Å². The van der Waals surface area contributed by atoms with Crippen LogP contribution in [0.1, 0.15) is 15.4 Å². The first-order valence-electron chi connectivity index (χ1n) is 9.31. The lowest BCUT2D eigenvalue weighted by Crippen LogP contribution is -2.11. The standard InChI is InChI=1S/C22H17F2N3O3S2/c1-11-19(32-21(25-11)13-5-7-17(29-2)18(9-13)30-3)20(28)27-22-26-16(10-31-22)12-4-6-14(23)15(24)8-12/h4-10H,1-3H3,(H,26,27,28). The first-order chi connectivity index (χ1) is 15.4. The molecule has 0 saturated carbocycles. The molecule has 1 amide bonds. The summed E-state index contributed by atoms with van der Waals surface area (Å²) in [6.07, 6.45) is 0. The Morgan fingerprint density at radius 3 is 2.44 bits per heavy atom. The van der Waals surface area contributed by atoms with E-state index in [2.05, 4.69) is 15.3 Å². The van der Waals surface area contributed by atoms with E-state index in [0.29, 0.717) is 43.5 Å². The van der Waals surface area contributed by atoms with Gasteiger partial charge in [0.25, 0.3) is 5.91 Å². The van der Waals surface area contributed by atoms with Crippen LogP contribution in [0, 0.1) is 18.6 Å². The summed E-state index contributed by atoms with van der Waals surface area (Å²) in [4.78, 5) is 22.1. The van der Waals surface area contributed by atoms with Crippen LogP contribution in [0.4, 0.5) is 13.9 Å². The fourth-order valence-electron chi connectivity index (χ4n) is 2.97. The number of aryl methyl sites for hydroxylation is 1. The lowest BCUT2D eigenvalue weighted by molar-refractivity contribution is 0.103. The van der Waals surface area contributed by atoms with Crippen molar-refractivity contribution in [3.8, 4) is 33.3 Å². The Labute approximate surface area is 190 Å². The number of thiazole rings is 2. The summed E-state index contributed by atoms with van der Waals surface area (Å²) in [7, 11) is 3.11. The Hall–Kier alpha value is -3.37. The molecule has 0 radical (unpaired) electrons. The highest BCUT2D eigenvalue weighted by Crippen LogP contribution is 2.35. The lowest BCUT2D eigenvalue weighted by atomic mass is 10.2. The number of ether oxygens (including phenoxy) is 2. The molecule has 2 heterocycles. The Bertz CT molecular complexity index is 1300. The Kier molecular flexibility index (Phi) is 6.15. The number of rotatable bonds is 6. The second-order valence-electron chi connectivity index (χ2n) is 6.62. The molecule has 164 valence electrons. The number of halogens is 2. The second kappa shape index (κ2) is 9.01. The molecule has 0 atom stereocenters. The van der Waals surface area contributed by atoms with Crippen LogP contribution in [0.25, 0.3) is 21.8 Å². The van der Waals surface area contributed by atoms with Gasteiger partial charge >= 0.3 is 0 Å². The van der Waals surface area contributed by atoms with Gasteiger partial charge in [-0.05, 0) is 43.3 Å². The van der Waals surface area contributed by atoms with Crippen LogP contribution in [0.5, 0.6) is 11.5 Å². The molecule has 2 aromatic carbocycles. The first kappa shape index (κ1) is 21.8. The predicted molar refractivity (Wildman–Crippen MR) is 121 cm³/mol. The van der Waals surface area contributed by atoms with Crippen molar-refractivity contribution in [2.45, 2.75) is 6.92 Å². The van der Waals surface area contributed by atoms with Crippen molar-refractivity contribution in [3.05, 3.63) is 64.0 Å². The average molecular weight is 474 g/mol. The smallest absolute Gasteiger partial charge is 0.269 e. The van der Waals surface area contributed by atoms with Crippen LogP contribution in [0.15, 0.2) is 41.8 Å². The first-order valence-corrected chi connectivity index (χ1v) is 11.0. The van der Waals surface area contributed by atoms with E-state index in [0.717, 1.165) is 17.7 Å². The highest BCUT2D eigenvalue weighted by atomic mass is 32.1. The third-order valence-electron chi connectivity index (χ3n) is 4.57. The lowest BCUT2D eigenvalue weighted by Gasteiger charge is -2.08. The van der Waals surface area contributed by atoms with E-state index in [4.69, 9.17) is 9.47 Å². The van der Waals surface area contributed by atoms with Crippen LogP contribution in [0.3, 0.4) is 0 Å². The molecule has 0 unspecified atom stereocenters. The third kappa shape index (κ3) is 4.32. The molecule has 0 spiro atoms. The molecule has 4 aromatic rings. The van der Waals surface area contributed by atoms with Crippen molar-refractivity contribution in [1.29, 1.82) is 0 Å². The monoisotopic (exact) mass is 473 g/mol. The minimum absolute atomic E-state index is 0.343. The highest BCUT2D eigenvalue weighted by molar-refractivity contribution is 7.17. The van der Waals surface area contributed by atoms with Gasteiger partial charge in [0.1, 0.15) is 9.88 Å². The molecular weight excluding hydrogens is 456 g/mol. The predicted octanol–water partition coefficient (Wildman–Crippen LogP) is 5.79. The molecule has 32 heavy (non-hydrogen) atoms. The maximum Gasteiger partial charge on any atom is 0.269 e. The van der Waals surface area contributed by atoms with E-state index in [-0.39, 0.29) is 5.91 Å². The number of carbonyl (C=O) groups excluding carboxylic acids is 1. The maximum atomic E-state index is 13.5. The van der Waals surface area contributed by atoms with Crippen LogP contribution in [-0.2, 0) is 0 Å². The zero-order valence-corrected chi connectivity index (χ0v) is 18.9. The van der Waals surface area contributed by atoms with Gasteiger partial charge in [0.15, 0.2) is 28.3 Å². The molecule has 6 nitrogen and oxygen atoms in total. The van der Waals surface area contributed by atoms with E-state index >= 15 is 0 Å². The molecule has 4 rings (SSSR count). The number of amides is 1. The minimum atomic E-state index is -0.955. The Morgan fingerprint density at radius 1 is 0.969 bits per heavy atom. The molecule has 0 aliphatic rings. The third-order valence-corrected chi connectivity index (χ3v) is 6.54. The number of aromatic nitrogens is 2. The van der Waals surface area contributed by atoms with Crippen LogP contribution in [-0.4, -0.2) is 30.1 Å². The average Bonchev–Trinajstić information content (AvgIpc) is 3.41.